The fourth-order valence-electron chi connectivity index (χ4n) is 1.96. The topological polar surface area (TPSA) is 21.3 Å². The maximum Gasteiger partial charge on any atom is 0.145 e. The first-order valence-corrected chi connectivity index (χ1v) is 6.54. The fraction of sp³-hybridized carbons (Fsp3) is 0.250. The second-order valence-electron chi connectivity index (χ2n) is 4.49. The van der Waals surface area contributed by atoms with Crippen LogP contribution in [0.3, 0.4) is 0 Å². The van der Waals surface area contributed by atoms with Gasteiger partial charge in [0.15, 0.2) is 0 Å². The summed E-state index contributed by atoms with van der Waals surface area (Å²) >= 11 is 0. The second-order valence-corrected chi connectivity index (χ2v) is 4.49. The Labute approximate surface area is 117 Å². The van der Waals surface area contributed by atoms with Gasteiger partial charge in [-0.1, -0.05) is 12.1 Å². The lowest BCUT2D eigenvalue weighted by Gasteiger charge is -2.18. The summed E-state index contributed by atoms with van der Waals surface area (Å²) in [4.78, 5) is 0. The van der Waals surface area contributed by atoms with Gasteiger partial charge in [-0.2, -0.15) is 0 Å². The second kappa shape index (κ2) is 6.37. The predicted octanol–water partition coefficient (Wildman–Crippen LogP) is 4.54. The molecule has 0 aromatic heterocycles. The molecule has 0 amide bonds. The van der Waals surface area contributed by atoms with Gasteiger partial charge in [0, 0.05) is 12.1 Å². The molecule has 0 saturated carbocycles. The van der Waals surface area contributed by atoms with Gasteiger partial charge in [-0.25, -0.2) is 8.78 Å². The van der Waals surface area contributed by atoms with Crippen LogP contribution in [0.25, 0.3) is 0 Å². The molecule has 2 nitrogen and oxygen atoms in total. The molecule has 0 aliphatic rings. The highest BCUT2D eigenvalue weighted by Crippen LogP contribution is 2.29. The average Bonchev–Trinajstić information content (AvgIpc) is 2.43. The lowest BCUT2D eigenvalue weighted by Crippen LogP contribution is -2.08. The van der Waals surface area contributed by atoms with E-state index >= 15 is 0 Å². The molecular weight excluding hydrogens is 260 g/mol. The number of hydrogen-bond acceptors (Lipinski definition) is 2. The van der Waals surface area contributed by atoms with Crippen LogP contribution in [0.2, 0.25) is 0 Å². The van der Waals surface area contributed by atoms with Crippen molar-refractivity contribution in [1.82, 2.24) is 0 Å². The van der Waals surface area contributed by atoms with Gasteiger partial charge < -0.3 is 10.1 Å². The Hall–Kier alpha value is -2.10. The molecular formula is C16H17F2NO. The smallest absolute Gasteiger partial charge is 0.145 e. The molecule has 0 aliphatic carbocycles. The van der Waals surface area contributed by atoms with Crippen LogP contribution in [-0.4, -0.2) is 6.61 Å². The van der Waals surface area contributed by atoms with E-state index in [1.54, 1.807) is 18.2 Å². The lowest BCUT2D eigenvalue weighted by molar-refractivity contribution is 0.339. The first-order chi connectivity index (χ1) is 9.60. The van der Waals surface area contributed by atoms with Gasteiger partial charge in [0.05, 0.1) is 12.3 Å². The van der Waals surface area contributed by atoms with Crippen LogP contribution in [-0.2, 0) is 0 Å². The van der Waals surface area contributed by atoms with Gasteiger partial charge in [0.25, 0.3) is 0 Å². The molecule has 0 saturated heterocycles. The van der Waals surface area contributed by atoms with Crippen LogP contribution in [0.5, 0.6) is 5.75 Å². The van der Waals surface area contributed by atoms with Gasteiger partial charge in [-0.05, 0) is 43.7 Å². The van der Waals surface area contributed by atoms with Crippen molar-refractivity contribution in [3.05, 3.63) is 59.7 Å². The minimum absolute atomic E-state index is 0.0414. The van der Waals surface area contributed by atoms with E-state index in [4.69, 9.17) is 4.74 Å². The molecule has 1 atom stereocenters. The van der Waals surface area contributed by atoms with E-state index in [0.717, 1.165) is 5.56 Å². The number of ether oxygens (including phenoxy) is 1. The Bertz CT molecular complexity index is 569. The molecule has 0 radical (unpaired) electrons. The molecule has 1 N–H and O–H groups in total. The minimum Gasteiger partial charge on any atom is -0.492 e. The van der Waals surface area contributed by atoms with E-state index in [1.807, 2.05) is 13.8 Å². The summed E-state index contributed by atoms with van der Waals surface area (Å²) in [5.41, 5.74) is 1.66. The Balaban J connectivity index is 2.18. The first kappa shape index (κ1) is 14.3. The maximum atomic E-state index is 13.2. The zero-order chi connectivity index (χ0) is 14.5. The fourth-order valence-corrected chi connectivity index (χ4v) is 1.96. The van der Waals surface area contributed by atoms with E-state index in [0.29, 0.717) is 18.0 Å². The molecule has 0 aliphatic heterocycles. The van der Waals surface area contributed by atoms with Crippen LogP contribution in [0.15, 0.2) is 42.5 Å². The summed E-state index contributed by atoms with van der Waals surface area (Å²) in [6, 6.07) is 10.6. The predicted molar refractivity (Wildman–Crippen MR) is 76.0 cm³/mol. The van der Waals surface area contributed by atoms with E-state index in [1.165, 1.54) is 24.3 Å². The molecule has 0 bridgehead atoms. The number of rotatable bonds is 5. The SMILES string of the molecule is CCOc1cc(F)ccc1NC(C)c1ccc(F)cc1. The van der Waals surface area contributed by atoms with E-state index in [2.05, 4.69) is 5.32 Å². The summed E-state index contributed by atoms with van der Waals surface area (Å²) in [6.45, 7) is 4.26. The van der Waals surface area contributed by atoms with Crippen LogP contribution in [0.4, 0.5) is 14.5 Å². The normalized spacial score (nSPS) is 12.0. The number of hydrogen-bond donors (Lipinski definition) is 1. The molecule has 0 spiro atoms. The zero-order valence-corrected chi connectivity index (χ0v) is 11.5. The third-order valence-corrected chi connectivity index (χ3v) is 2.99. The average molecular weight is 277 g/mol. The number of anilines is 1. The summed E-state index contributed by atoms with van der Waals surface area (Å²) in [5, 5.41) is 3.24. The Morgan fingerprint density at radius 3 is 2.35 bits per heavy atom. The molecule has 4 heteroatoms. The quantitative estimate of drug-likeness (QED) is 0.866. The van der Waals surface area contributed by atoms with Crippen molar-refractivity contribution >= 4 is 5.69 Å². The number of halogens is 2. The summed E-state index contributed by atoms with van der Waals surface area (Å²) in [7, 11) is 0. The molecule has 0 heterocycles. The van der Waals surface area contributed by atoms with Crippen molar-refractivity contribution in [2.24, 2.45) is 0 Å². The van der Waals surface area contributed by atoms with Crippen molar-refractivity contribution < 1.29 is 13.5 Å². The van der Waals surface area contributed by atoms with E-state index < -0.39 is 0 Å². The minimum atomic E-state index is -0.339. The standard InChI is InChI=1S/C16H17F2NO/c1-3-20-16-10-14(18)8-9-15(16)19-11(2)12-4-6-13(17)7-5-12/h4-11,19H,3H2,1-2H3. The third-order valence-electron chi connectivity index (χ3n) is 2.99. The third kappa shape index (κ3) is 3.47. The first-order valence-electron chi connectivity index (χ1n) is 6.54. The Morgan fingerprint density at radius 1 is 1.05 bits per heavy atom. The largest absolute Gasteiger partial charge is 0.492 e. The Morgan fingerprint density at radius 2 is 1.70 bits per heavy atom. The maximum absolute atomic E-state index is 13.2. The number of benzene rings is 2. The molecule has 2 aromatic carbocycles. The van der Waals surface area contributed by atoms with Crippen molar-refractivity contribution in [3.63, 3.8) is 0 Å². The molecule has 1 unspecified atom stereocenters. The van der Waals surface area contributed by atoms with E-state index in [9.17, 15) is 8.78 Å². The highest BCUT2D eigenvalue weighted by atomic mass is 19.1. The van der Waals surface area contributed by atoms with Gasteiger partial charge in [-0.3, -0.25) is 0 Å². The lowest BCUT2D eigenvalue weighted by atomic mass is 10.1. The molecule has 2 aromatic rings. The monoisotopic (exact) mass is 277 g/mol. The van der Waals surface area contributed by atoms with Gasteiger partial charge in [0.2, 0.25) is 0 Å². The summed E-state index contributed by atoms with van der Waals surface area (Å²) in [5.74, 6) is -0.132. The highest BCUT2D eigenvalue weighted by Gasteiger charge is 2.10. The zero-order valence-electron chi connectivity index (χ0n) is 11.5. The number of nitrogens with one attached hydrogen (secondary N) is 1. The summed E-state index contributed by atoms with van der Waals surface area (Å²) < 4.78 is 31.5. The van der Waals surface area contributed by atoms with Crippen molar-refractivity contribution in [2.45, 2.75) is 19.9 Å². The summed E-state index contributed by atoms with van der Waals surface area (Å²) in [6.07, 6.45) is 0. The van der Waals surface area contributed by atoms with Crippen molar-refractivity contribution in [1.29, 1.82) is 0 Å². The molecule has 0 fully saturated rings. The van der Waals surface area contributed by atoms with Gasteiger partial charge in [-0.15, -0.1) is 0 Å². The van der Waals surface area contributed by atoms with Crippen molar-refractivity contribution in [3.8, 4) is 5.75 Å². The van der Waals surface area contributed by atoms with E-state index in [-0.39, 0.29) is 17.7 Å². The van der Waals surface area contributed by atoms with Crippen LogP contribution in [0, 0.1) is 11.6 Å². The molecule has 106 valence electrons. The Kier molecular flexibility index (Phi) is 4.56. The molecule has 2 rings (SSSR count). The van der Waals surface area contributed by atoms with Gasteiger partial charge in [0.1, 0.15) is 17.4 Å². The van der Waals surface area contributed by atoms with Gasteiger partial charge >= 0.3 is 0 Å². The van der Waals surface area contributed by atoms with Crippen molar-refractivity contribution in [2.75, 3.05) is 11.9 Å². The van der Waals surface area contributed by atoms with Crippen LogP contribution < -0.4 is 10.1 Å². The van der Waals surface area contributed by atoms with Crippen LogP contribution in [0.1, 0.15) is 25.5 Å². The molecule has 20 heavy (non-hydrogen) atoms. The van der Waals surface area contributed by atoms with Crippen LogP contribution >= 0.6 is 0 Å². The highest BCUT2D eigenvalue weighted by molar-refractivity contribution is 5.57.